The fourth-order valence-electron chi connectivity index (χ4n) is 5.24. The standard InChI is InChI=1S/C19H29N5O2/c1-14(25)20-11-18-16-10-15(17-4-2-5-19(26)24(17)18)12-22(13-16)8-9-23-7-3-6-21-23/h3,6-7,15-18H,2,4-5,8-13H2,1H3,(H,20,25)/t15-,16+,17+,18+/m1/s1. The predicted molar refractivity (Wildman–Crippen MR) is 97.2 cm³/mol. The van der Waals surface area contributed by atoms with Crippen molar-refractivity contribution in [2.45, 2.75) is 51.2 Å². The molecule has 26 heavy (non-hydrogen) atoms. The van der Waals surface area contributed by atoms with Crippen LogP contribution in [0.5, 0.6) is 0 Å². The van der Waals surface area contributed by atoms with E-state index in [-0.39, 0.29) is 17.9 Å². The number of aromatic nitrogens is 2. The summed E-state index contributed by atoms with van der Waals surface area (Å²) in [5.74, 6) is 1.27. The second kappa shape index (κ2) is 7.39. The van der Waals surface area contributed by atoms with E-state index in [9.17, 15) is 9.59 Å². The van der Waals surface area contributed by atoms with Crippen molar-refractivity contribution in [2.75, 3.05) is 26.2 Å². The number of fused-ring (bicyclic) bond motifs is 4. The summed E-state index contributed by atoms with van der Waals surface area (Å²) < 4.78 is 1.98. The van der Waals surface area contributed by atoms with Crippen molar-refractivity contribution >= 4 is 11.8 Å². The molecule has 142 valence electrons. The molecule has 4 heterocycles. The van der Waals surface area contributed by atoms with Crippen molar-refractivity contribution in [3.05, 3.63) is 18.5 Å². The maximum atomic E-state index is 12.7. The number of hydrogen-bond donors (Lipinski definition) is 1. The van der Waals surface area contributed by atoms with Gasteiger partial charge in [-0.15, -0.1) is 0 Å². The fraction of sp³-hybridized carbons (Fsp3) is 0.737. The molecule has 7 heteroatoms. The van der Waals surface area contributed by atoms with E-state index in [2.05, 4.69) is 20.2 Å². The van der Waals surface area contributed by atoms with Crippen molar-refractivity contribution in [3.63, 3.8) is 0 Å². The number of amides is 2. The van der Waals surface area contributed by atoms with Gasteiger partial charge in [-0.25, -0.2) is 0 Å². The van der Waals surface area contributed by atoms with Gasteiger partial charge in [0.1, 0.15) is 0 Å². The maximum Gasteiger partial charge on any atom is 0.223 e. The van der Waals surface area contributed by atoms with E-state index >= 15 is 0 Å². The van der Waals surface area contributed by atoms with Crippen molar-refractivity contribution in [3.8, 4) is 0 Å². The van der Waals surface area contributed by atoms with Crippen LogP contribution in [-0.2, 0) is 16.1 Å². The minimum atomic E-state index is -0.0144. The highest BCUT2D eigenvalue weighted by molar-refractivity contribution is 5.78. The van der Waals surface area contributed by atoms with Crippen molar-refractivity contribution < 1.29 is 9.59 Å². The summed E-state index contributed by atoms with van der Waals surface area (Å²) in [7, 11) is 0. The molecule has 3 fully saturated rings. The Kier molecular flexibility index (Phi) is 4.98. The molecule has 7 nitrogen and oxygen atoms in total. The second-order valence-electron chi connectivity index (χ2n) is 8.05. The van der Waals surface area contributed by atoms with Gasteiger partial charge < -0.3 is 15.1 Å². The molecule has 0 aromatic carbocycles. The summed E-state index contributed by atoms with van der Waals surface area (Å²) in [6, 6.07) is 2.44. The Morgan fingerprint density at radius 1 is 1.31 bits per heavy atom. The minimum absolute atomic E-state index is 0.0144. The van der Waals surface area contributed by atoms with Crippen LogP contribution in [0.1, 0.15) is 32.6 Å². The Bertz CT molecular complexity index is 646. The average Bonchev–Trinajstić information content (AvgIpc) is 3.14. The Labute approximate surface area is 154 Å². The molecular formula is C19H29N5O2. The molecule has 3 aliphatic rings. The van der Waals surface area contributed by atoms with Crippen LogP contribution in [0.3, 0.4) is 0 Å². The van der Waals surface area contributed by atoms with Gasteiger partial charge >= 0.3 is 0 Å². The first kappa shape index (κ1) is 17.5. The number of rotatable bonds is 5. The van der Waals surface area contributed by atoms with Crippen molar-refractivity contribution in [1.82, 2.24) is 24.9 Å². The van der Waals surface area contributed by atoms with E-state index in [1.165, 1.54) is 6.42 Å². The zero-order chi connectivity index (χ0) is 18.1. The van der Waals surface area contributed by atoms with Gasteiger partial charge in [0.05, 0.1) is 12.6 Å². The largest absolute Gasteiger partial charge is 0.354 e. The molecule has 3 saturated heterocycles. The van der Waals surface area contributed by atoms with Gasteiger partial charge in [0.2, 0.25) is 11.8 Å². The predicted octanol–water partition coefficient (Wildman–Crippen LogP) is 0.721. The van der Waals surface area contributed by atoms with Gasteiger partial charge in [0.15, 0.2) is 0 Å². The molecule has 1 N–H and O–H groups in total. The summed E-state index contributed by atoms with van der Waals surface area (Å²) in [6.07, 6.45) is 7.77. The van der Waals surface area contributed by atoms with Crippen LogP contribution in [-0.4, -0.2) is 69.7 Å². The fourth-order valence-corrected chi connectivity index (χ4v) is 5.24. The lowest BCUT2D eigenvalue weighted by Crippen LogP contribution is -2.67. The first-order valence-electron chi connectivity index (χ1n) is 9.87. The Morgan fingerprint density at radius 3 is 2.92 bits per heavy atom. The normalized spacial score (nSPS) is 31.6. The number of hydrogen-bond acceptors (Lipinski definition) is 4. The van der Waals surface area contributed by atoms with Crippen molar-refractivity contribution in [1.29, 1.82) is 0 Å². The van der Waals surface area contributed by atoms with Crippen LogP contribution in [0.4, 0.5) is 0 Å². The Balaban J connectivity index is 1.48. The zero-order valence-electron chi connectivity index (χ0n) is 15.5. The van der Waals surface area contributed by atoms with Gasteiger partial charge in [-0.3, -0.25) is 14.3 Å². The van der Waals surface area contributed by atoms with Gasteiger partial charge in [-0.05, 0) is 37.2 Å². The van der Waals surface area contributed by atoms with E-state index in [4.69, 9.17) is 0 Å². The highest BCUT2D eigenvalue weighted by atomic mass is 16.2. The van der Waals surface area contributed by atoms with E-state index in [0.29, 0.717) is 30.8 Å². The SMILES string of the molecule is CC(=O)NC[C@H]1[C@H]2C[C@H](CN(CCn3cccn3)C2)[C@@H]2CCCC(=O)N21. The summed E-state index contributed by atoms with van der Waals surface area (Å²) in [5.41, 5.74) is 0. The lowest BCUT2D eigenvalue weighted by atomic mass is 9.72. The lowest BCUT2D eigenvalue weighted by molar-refractivity contribution is -0.153. The quantitative estimate of drug-likeness (QED) is 0.841. The minimum Gasteiger partial charge on any atom is -0.354 e. The number of likely N-dealkylation sites (tertiary alicyclic amines) is 1. The monoisotopic (exact) mass is 359 g/mol. The maximum absolute atomic E-state index is 12.7. The molecule has 2 amide bonds. The summed E-state index contributed by atoms with van der Waals surface area (Å²) in [4.78, 5) is 28.8. The lowest BCUT2D eigenvalue weighted by Gasteiger charge is -2.56. The number of carbonyl (C=O) groups excluding carboxylic acids is 2. The molecule has 4 rings (SSSR count). The molecule has 0 saturated carbocycles. The van der Waals surface area contributed by atoms with E-state index in [1.54, 1.807) is 6.92 Å². The van der Waals surface area contributed by atoms with Gasteiger partial charge in [0.25, 0.3) is 0 Å². The smallest absolute Gasteiger partial charge is 0.223 e. The first-order valence-corrected chi connectivity index (χ1v) is 9.87. The highest BCUT2D eigenvalue weighted by Gasteiger charge is 2.49. The van der Waals surface area contributed by atoms with Gasteiger partial charge in [-0.2, -0.15) is 5.10 Å². The van der Waals surface area contributed by atoms with Crippen molar-refractivity contribution in [2.24, 2.45) is 11.8 Å². The molecule has 1 aromatic heterocycles. The summed E-state index contributed by atoms with van der Waals surface area (Å²) in [5, 5.41) is 7.28. The van der Waals surface area contributed by atoms with E-state index < -0.39 is 0 Å². The van der Waals surface area contributed by atoms with Crippen LogP contribution in [0.2, 0.25) is 0 Å². The highest BCUT2D eigenvalue weighted by Crippen LogP contribution is 2.41. The third-order valence-electron chi connectivity index (χ3n) is 6.34. The summed E-state index contributed by atoms with van der Waals surface area (Å²) >= 11 is 0. The van der Waals surface area contributed by atoms with Crippen LogP contribution in [0.15, 0.2) is 18.5 Å². The van der Waals surface area contributed by atoms with Gasteiger partial charge in [0, 0.05) is 58.0 Å². The molecule has 3 aliphatic heterocycles. The molecule has 0 unspecified atom stereocenters. The molecule has 2 bridgehead atoms. The number of carbonyl (C=O) groups is 2. The molecule has 0 radical (unpaired) electrons. The van der Waals surface area contributed by atoms with E-state index in [0.717, 1.165) is 39.0 Å². The zero-order valence-corrected chi connectivity index (χ0v) is 15.5. The summed E-state index contributed by atoms with van der Waals surface area (Å²) in [6.45, 7) is 6.09. The third-order valence-corrected chi connectivity index (χ3v) is 6.34. The topological polar surface area (TPSA) is 70.5 Å². The first-order chi connectivity index (χ1) is 12.6. The number of nitrogens with zero attached hydrogens (tertiary/aromatic N) is 4. The molecule has 4 atom stereocenters. The average molecular weight is 359 g/mol. The number of nitrogens with one attached hydrogen (secondary N) is 1. The van der Waals surface area contributed by atoms with Crippen LogP contribution in [0, 0.1) is 11.8 Å². The Morgan fingerprint density at radius 2 is 2.15 bits per heavy atom. The van der Waals surface area contributed by atoms with Crippen LogP contribution < -0.4 is 5.32 Å². The van der Waals surface area contributed by atoms with Gasteiger partial charge in [-0.1, -0.05) is 0 Å². The molecule has 1 aromatic rings. The number of piperidine rings is 3. The third kappa shape index (κ3) is 3.49. The van der Waals surface area contributed by atoms with Crippen LogP contribution >= 0.6 is 0 Å². The molecule has 0 aliphatic carbocycles. The second-order valence-corrected chi connectivity index (χ2v) is 8.05. The van der Waals surface area contributed by atoms with E-state index in [1.807, 2.05) is 23.1 Å². The molecule has 0 spiro atoms. The Hall–Kier alpha value is -1.89. The molecular weight excluding hydrogens is 330 g/mol. The van der Waals surface area contributed by atoms with Crippen LogP contribution in [0.25, 0.3) is 0 Å².